The van der Waals surface area contributed by atoms with Gasteiger partial charge in [0.15, 0.2) is 0 Å². The van der Waals surface area contributed by atoms with Crippen molar-refractivity contribution in [2.24, 2.45) is 5.73 Å². The van der Waals surface area contributed by atoms with Crippen LogP contribution in [0.25, 0.3) is 12.2 Å². The van der Waals surface area contributed by atoms with Gasteiger partial charge in [-0.1, -0.05) is 25.1 Å². The maximum absolute atomic E-state index is 12.2. The normalized spacial score (nSPS) is 12.7. The highest BCUT2D eigenvalue weighted by Gasteiger charge is 2.08. The molecule has 1 aromatic carbocycles. The number of hydrogen-bond acceptors (Lipinski definition) is 2. The molecule has 2 aromatic heterocycles. The molecule has 0 radical (unpaired) electrons. The minimum absolute atomic E-state index is 0.157. The summed E-state index contributed by atoms with van der Waals surface area (Å²) in [5.41, 5.74) is 11.1. The van der Waals surface area contributed by atoms with E-state index in [0.717, 1.165) is 28.7 Å². The molecule has 6 heteroatoms. The van der Waals surface area contributed by atoms with E-state index in [4.69, 9.17) is 5.73 Å². The average molecular weight is 364 g/mol. The van der Waals surface area contributed by atoms with E-state index in [9.17, 15) is 9.59 Å². The van der Waals surface area contributed by atoms with Crippen LogP contribution in [0.1, 0.15) is 45.4 Å². The van der Waals surface area contributed by atoms with Gasteiger partial charge >= 0.3 is 0 Å². The van der Waals surface area contributed by atoms with Crippen LogP contribution in [-0.4, -0.2) is 21.1 Å². The van der Waals surface area contributed by atoms with Crippen molar-refractivity contribution < 1.29 is 4.79 Å². The Kier molecular flexibility index (Phi) is 5.16. The van der Waals surface area contributed by atoms with Gasteiger partial charge in [0.1, 0.15) is 0 Å². The van der Waals surface area contributed by atoms with Gasteiger partial charge < -0.3 is 10.7 Å². The highest BCUT2D eigenvalue weighted by Crippen LogP contribution is 2.18. The van der Waals surface area contributed by atoms with Crippen molar-refractivity contribution in [1.29, 1.82) is 0 Å². The average Bonchev–Trinajstić information content (AvgIpc) is 3.13. The molecule has 3 aromatic rings. The number of nitrogens with one attached hydrogen (secondary N) is 3. The molecule has 0 spiro atoms. The first-order chi connectivity index (χ1) is 12.9. The summed E-state index contributed by atoms with van der Waals surface area (Å²) in [7, 11) is 0. The van der Waals surface area contributed by atoms with Gasteiger partial charge in [0.25, 0.3) is 5.56 Å². The summed E-state index contributed by atoms with van der Waals surface area (Å²) in [5.74, 6) is -0.444. The van der Waals surface area contributed by atoms with Crippen molar-refractivity contribution in [3.8, 4) is 0 Å². The Morgan fingerprint density at radius 3 is 2.44 bits per heavy atom. The Hall–Kier alpha value is -3.28. The number of rotatable bonds is 5. The highest BCUT2D eigenvalue weighted by molar-refractivity contribution is 5.92. The lowest BCUT2D eigenvalue weighted by molar-refractivity contribution is 0.100. The van der Waals surface area contributed by atoms with Crippen molar-refractivity contribution in [2.75, 3.05) is 0 Å². The van der Waals surface area contributed by atoms with Gasteiger partial charge in [-0.3, -0.25) is 19.8 Å². The molecule has 6 nitrogen and oxygen atoms in total. The van der Waals surface area contributed by atoms with Crippen LogP contribution in [0.4, 0.5) is 0 Å². The van der Waals surface area contributed by atoms with Crippen LogP contribution < -0.4 is 21.9 Å². The smallest absolute Gasteiger partial charge is 0.271 e. The summed E-state index contributed by atoms with van der Waals surface area (Å²) in [6.07, 6.45) is 5.41. The molecule has 0 aliphatic heterocycles. The van der Waals surface area contributed by atoms with E-state index in [1.165, 1.54) is 11.1 Å². The Bertz CT molecular complexity index is 1140. The first-order valence-electron chi connectivity index (χ1n) is 8.96. The molecule has 0 aliphatic rings. The third kappa shape index (κ3) is 3.79. The lowest BCUT2D eigenvalue weighted by atomic mass is 10.1. The fourth-order valence-electron chi connectivity index (χ4n) is 3.34. The van der Waals surface area contributed by atoms with E-state index in [0.29, 0.717) is 17.2 Å². The van der Waals surface area contributed by atoms with Crippen LogP contribution in [-0.2, 0) is 12.8 Å². The SMILES string of the molecule is CCc1c(C)[nH]c(C=c2c(=O)[nH][nH]c2=CCc2ccc(C(N)=O)cc2)c1C. The fraction of sp³-hybridized carbons (Fsp3) is 0.238. The fourth-order valence-corrected chi connectivity index (χ4v) is 3.34. The van der Waals surface area contributed by atoms with Crippen molar-refractivity contribution in [1.82, 2.24) is 15.2 Å². The van der Waals surface area contributed by atoms with Crippen LogP contribution in [0.2, 0.25) is 0 Å². The van der Waals surface area contributed by atoms with Gasteiger partial charge in [0.2, 0.25) is 5.91 Å². The second-order valence-corrected chi connectivity index (χ2v) is 6.64. The van der Waals surface area contributed by atoms with Gasteiger partial charge in [-0.2, -0.15) is 0 Å². The van der Waals surface area contributed by atoms with E-state index in [-0.39, 0.29) is 5.56 Å². The van der Waals surface area contributed by atoms with Crippen molar-refractivity contribution >= 4 is 18.1 Å². The van der Waals surface area contributed by atoms with Crippen molar-refractivity contribution in [3.63, 3.8) is 0 Å². The lowest BCUT2D eigenvalue weighted by Crippen LogP contribution is -2.33. The van der Waals surface area contributed by atoms with Crippen LogP contribution in [0, 0.1) is 13.8 Å². The largest absolute Gasteiger partial charge is 0.366 e. The number of aromatic nitrogens is 3. The topological polar surface area (TPSA) is 108 Å². The van der Waals surface area contributed by atoms with E-state index in [2.05, 4.69) is 29.0 Å². The third-order valence-corrected chi connectivity index (χ3v) is 4.90. The molecule has 0 fully saturated rings. The first kappa shape index (κ1) is 18.5. The number of H-pyrrole nitrogens is 3. The highest BCUT2D eigenvalue weighted by atomic mass is 16.1. The standard InChI is InChI=1S/C21H24N4O2/c1-4-16-12(2)19(23-13(16)3)11-17-18(24-25-21(17)27)10-7-14-5-8-15(9-6-14)20(22)26/h5-6,8-11,23-24H,4,7H2,1-3H3,(H2,22,26)(H,25,27). The predicted molar refractivity (Wildman–Crippen MR) is 107 cm³/mol. The van der Waals surface area contributed by atoms with Crippen LogP contribution in [0.15, 0.2) is 29.1 Å². The summed E-state index contributed by atoms with van der Waals surface area (Å²) in [4.78, 5) is 26.8. The summed E-state index contributed by atoms with van der Waals surface area (Å²) in [5, 5.41) is 6.92. The molecule has 27 heavy (non-hydrogen) atoms. The minimum Gasteiger partial charge on any atom is -0.366 e. The van der Waals surface area contributed by atoms with Crippen molar-refractivity contribution in [3.05, 3.63) is 78.8 Å². The molecule has 3 rings (SSSR count). The molecule has 140 valence electrons. The summed E-state index contributed by atoms with van der Waals surface area (Å²) >= 11 is 0. The maximum Gasteiger partial charge on any atom is 0.271 e. The number of nitrogens with two attached hydrogens (primary N) is 1. The molecule has 2 heterocycles. The molecule has 0 saturated heterocycles. The third-order valence-electron chi connectivity index (χ3n) is 4.90. The quantitative estimate of drug-likeness (QED) is 0.545. The van der Waals surface area contributed by atoms with E-state index < -0.39 is 5.91 Å². The maximum atomic E-state index is 12.2. The molecule has 0 saturated carbocycles. The summed E-state index contributed by atoms with van der Waals surface area (Å²) in [6, 6.07) is 7.12. The molecular formula is C21H24N4O2. The number of hydrogen-bond donors (Lipinski definition) is 4. The monoisotopic (exact) mass is 364 g/mol. The number of primary amides is 1. The molecule has 1 amide bonds. The second-order valence-electron chi connectivity index (χ2n) is 6.64. The van der Waals surface area contributed by atoms with Gasteiger partial charge in [-0.05, 0) is 61.6 Å². The number of carbonyl (C=O) groups excluding carboxylic acids is 1. The van der Waals surface area contributed by atoms with E-state index in [1.807, 2.05) is 31.2 Å². The molecule has 0 unspecified atom stereocenters. The van der Waals surface area contributed by atoms with Crippen molar-refractivity contribution in [2.45, 2.75) is 33.6 Å². The van der Waals surface area contributed by atoms with Gasteiger partial charge in [-0.25, -0.2) is 0 Å². The van der Waals surface area contributed by atoms with E-state index in [1.54, 1.807) is 12.1 Å². The number of amides is 1. The molecule has 0 bridgehead atoms. The number of benzene rings is 1. The van der Waals surface area contributed by atoms with Gasteiger partial charge in [-0.15, -0.1) is 0 Å². The zero-order valence-corrected chi connectivity index (χ0v) is 15.8. The molecule has 0 aliphatic carbocycles. The minimum atomic E-state index is -0.444. The Labute approximate surface area is 156 Å². The van der Waals surface area contributed by atoms with Gasteiger partial charge in [0.05, 0.1) is 10.6 Å². The van der Waals surface area contributed by atoms with Crippen LogP contribution >= 0.6 is 0 Å². The molecule has 5 N–H and O–H groups in total. The number of aromatic amines is 3. The zero-order chi connectivity index (χ0) is 19.6. The molecule has 0 atom stereocenters. The Balaban J connectivity index is 1.98. The zero-order valence-electron chi connectivity index (χ0n) is 15.8. The second kappa shape index (κ2) is 7.53. The van der Waals surface area contributed by atoms with E-state index >= 15 is 0 Å². The number of aryl methyl sites for hydroxylation is 1. The summed E-state index contributed by atoms with van der Waals surface area (Å²) in [6.45, 7) is 6.24. The predicted octanol–water partition coefficient (Wildman–Crippen LogP) is 1.16. The first-order valence-corrected chi connectivity index (χ1v) is 8.96. The van der Waals surface area contributed by atoms with Gasteiger partial charge in [0, 0.05) is 17.0 Å². The van der Waals surface area contributed by atoms with Crippen LogP contribution in [0.5, 0.6) is 0 Å². The lowest BCUT2D eigenvalue weighted by Gasteiger charge is -1.98. The Morgan fingerprint density at radius 1 is 1.15 bits per heavy atom. The van der Waals surface area contributed by atoms with Crippen LogP contribution in [0.3, 0.4) is 0 Å². The molecular weight excluding hydrogens is 340 g/mol. The summed E-state index contributed by atoms with van der Waals surface area (Å²) < 4.78 is 0. The Morgan fingerprint density at radius 2 is 1.85 bits per heavy atom. The number of carbonyl (C=O) groups is 1.